The summed E-state index contributed by atoms with van der Waals surface area (Å²) in [6.07, 6.45) is 1.54. The fourth-order valence-corrected chi connectivity index (χ4v) is 3.41. The zero-order chi connectivity index (χ0) is 22.4. The van der Waals surface area contributed by atoms with E-state index in [0.29, 0.717) is 18.0 Å². The number of ketones is 1. The van der Waals surface area contributed by atoms with Gasteiger partial charge in [0.25, 0.3) is 5.56 Å². The van der Waals surface area contributed by atoms with Gasteiger partial charge in [-0.05, 0) is 25.8 Å². The molecule has 0 amide bonds. The number of imidazole rings is 1. The second-order valence-corrected chi connectivity index (χ2v) is 8.48. The van der Waals surface area contributed by atoms with E-state index >= 15 is 0 Å². The Morgan fingerprint density at radius 2 is 1.73 bits per heavy atom. The van der Waals surface area contributed by atoms with Gasteiger partial charge in [0.2, 0.25) is 5.95 Å². The topological polar surface area (TPSA) is 96.7 Å². The van der Waals surface area contributed by atoms with Gasteiger partial charge >= 0.3 is 5.69 Å². The Kier molecular flexibility index (Phi) is 5.58. The molecule has 0 radical (unpaired) electrons. The molecule has 0 fully saturated rings. The van der Waals surface area contributed by atoms with E-state index in [1.54, 1.807) is 37.1 Å². The third-order valence-corrected chi connectivity index (χ3v) is 5.41. The molecule has 3 aromatic rings. The van der Waals surface area contributed by atoms with Gasteiger partial charge in [0.1, 0.15) is 0 Å². The normalized spacial score (nSPS) is 12.1. The molecule has 0 atom stereocenters. The third kappa shape index (κ3) is 3.42. The van der Waals surface area contributed by atoms with Crippen LogP contribution in [0.4, 0.5) is 0 Å². The molecule has 9 heteroatoms. The maximum atomic E-state index is 13.3. The lowest BCUT2D eigenvalue weighted by Crippen LogP contribution is -2.43. The van der Waals surface area contributed by atoms with E-state index in [0.717, 1.165) is 28.8 Å². The summed E-state index contributed by atoms with van der Waals surface area (Å²) in [5, 5.41) is 4.64. The van der Waals surface area contributed by atoms with Crippen LogP contribution in [0.3, 0.4) is 0 Å². The lowest BCUT2D eigenvalue weighted by Gasteiger charge is -2.17. The van der Waals surface area contributed by atoms with Crippen molar-refractivity contribution in [1.82, 2.24) is 28.5 Å². The highest BCUT2D eigenvalue weighted by atomic mass is 16.2. The number of Topliss-reactive ketones (excluding diaryl/α,β-unsaturated/α-hetero) is 1. The van der Waals surface area contributed by atoms with Crippen molar-refractivity contribution in [2.45, 2.75) is 67.5 Å². The second-order valence-electron chi connectivity index (χ2n) is 8.48. The van der Waals surface area contributed by atoms with Crippen LogP contribution in [0.15, 0.2) is 15.7 Å². The molecule has 0 saturated heterocycles. The van der Waals surface area contributed by atoms with Gasteiger partial charge in [-0.25, -0.2) is 9.48 Å². The fraction of sp³-hybridized carbons (Fsp3) is 0.571. The van der Waals surface area contributed by atoms with Crippen molar-refractivity contribution in [3.63, 3.8) is 0 Å². The van der Waals surface area contributed by atoms with Gasteiger partial charge in [0.05, 0.1) is 12.2 Å². The summed E-state index contributed by atoms with van der Waals surface area (Å²) in [7, 11) is 1.57. The number of nitrogens with zero attached hydrogens (tertiary/aromatic N) is 6. The second kappa shape index (κ2) is 7.70. The van der Waals surface area contributed by atoms with Gasteiger partial charge < -0.3 is 4.57 Å². The summed E-state index contributed by atoms with van der Waals surface area (Å²) < 4.78 is 5.85. The largest absolute Gasteiger partial charge is 0.332 e. The van der Waals surface area contributed by atoms with Crippen LogP contribution in [0.2, 0.25) is 0 Å². The third-order valence-electron chi connectivity index (χ3n) is 5.41. The van der Waals surface area contributed by atoms with Crippen LogP contribution >= 0.6 is 0 Å². The standard InChI is InChI=1S/C21H30N6O3/c1-8-13-11-14(9-2)27(23-13)19-22-17-16(25(19)10-3)18(29)26(20(30)24(17)7)12-15(28)21(4,5)6/h11H,8-10,12H2,1-7H3. The highest BCUT2D eigenvalue weighted by Crippen LogP contribution is 2.19. The first-order valence-corrected chi connectivity index (χ1v) is 10.4. The summed E-state index contributed by atoms with van der Waals surface area (Å²) >= 11 is 0. The molecule has 3 rings (SSSR count). The van der Waals surface area contributed by atoms with Crippen LogP contribution in [-0.4, -0.2) is 34.2 Å². The number of carbonyl (C=O) groups is 1. The van der Waals surface area contributed by atoms with Gasteiger partial charge in [-0.2, -0.15) is 10.1 Å². The van der Waals surface area contributed by atoms with E-state index in [4.69, 9.17) is 0 Å². The maximum Gasteiger partial charge on any atom is 0.332 e. The van der Waals surface area contributed by atoms with Crippen molar-refractivity contribution >= 4 is 16.9 Å². The molecule has 9 nitrogen and oxygen atoms in total. The van der Waals surface area contributed by atoms with E-state index < -0.39 is 16.7 Å². The number of hydrogen-bond donors (Lipinski definition) is 0. The summed E-state index contributed by atoms with van der Waals surface area (Å²) in [5.41, 5.74) is 0.782. The summed E-state index contributed by atoms with van der Waals surface area (Å²) in [6, 6.07) is 2.03. The van der Waals surface area contributed by atoms with E-state index in [1.807, 2.05) is 26.8 Å². The first kappa shape index (κ1) is 21.7. The van der Waals surface area contributed by atoms with Crippen LogP contribution in [0.5, 0.6) is 0 Å². The molecule has 0 spiro atoms. The average Bonchev–Trinajstić information content (AvgIpc) is 3.29. The van der Waals surface area contributed by atoms with Crippen LogP contribution in [-0.2, 0) is 37.8 Å². The van der Waals surface area contributed by atoms with Crippen molar-refractivity contribution in [3.05, 3.63) is 38.3 Å². The van der Waals surface area contributed by atoms with Crippen LogP contribution in [0, 0.1) is 5.41 Å². The summed E-state index contributed by atoms with van der Waals surface area (Å²) in [6.45, 7) is 11.5. The molecule has 30 heavy (non-hydrogen) atoms. The fourth-order valence-electron chi connectivity index (χ4n) is 3.41. The zero-order valence-corrected chi connectivity index (χ0v) is 18.8. The molecule has 0 saturated carbocycles. The van der Waals surface area contributed by atoms with Gasteiger partial charge in [-0.3, -0.25) is 18.7 Å². The Morgan fingerprint density at radius 1 is 1.07 bits per heavy atom. The minimum Gasteiger partial charge on any atom is -0.303 e. The van der Waals surface area contributed by atoms with Crippen molar-refractivity contribution in [2.24, 2.45) is 12.5 Å². The Labute approximate surface area is 175 Å². The van der Waals surface area contributed by atoms with Gasteiger partial charge in [0.15, 0.2) is 16.9 Å². The predicted molar refractivity (Wildman–Crippen MR) is 115 cm³/mol. The molecule has 0 unspecified atom stereocenters. The highest BCUT2D eigenvalue weighted by Gasteiger charge is 2.26. The Hall–Kier alpha value is -2.97. The quantitative estimate of drug-likeness (QED) is 0.613. The van der Waals surface area contributed by atoms with Crippen molar-refractivity contribution in [2.75, 3.05) is 0 Å². The minimum absolute atomic E-state index is 0.184. The lowest BCUT2D eigenvalue weighted by molar-refractivity contribution is -0.127. The number of rotatable bonds is 6. The zero-order valence-electron chi connectivity index (χ0n) is 18.8. The van der Waals surface area contributed by atoms with Gasteiger partial charge in [-0.1, -0.05) is 34.6 Å². The van der Waals surface area contributed by atoms with Crippen molar-refractivity contribution in [1.29, 1.82) is 0 Å². The molecule has 0 N–H and O–H groups in total. The average molecular weight is 415 g/mol. The molecule has 0 aromatic carbocycles. The van der Waals surface area contributed by atoms with E-state index in [1.165, 1.54) is 4.57 Å². The number of fused-ring (bicyclic) bond motifs is 1. The van der Waals surface area contributed by atoms with E-state index in [9.17, 15) is 14.4 Å². The molecule has 162 valence electrons. The van der Waals surface area contributed by atoms with Crippen LogP contribution in [0.25, 0.3) is 17.1 Å². The van der Waals surface area contributed by atoms with Gasteiger partial charge in [0, 0.05) is 24.7 Å². The minimum atomic E-state index is -0.656. The molecule has 3 heterocycles. The number of hydrogen-bond acceptors (Lipinski definition) is 5. The van der Waals surface area contributed by atoms with Crippen molar-refractivity contribution < 1.29 is 4.79 Å². The summed E-state index contributed by atoms with van der Waals surface area (Å²) in [4.78, 5) is 43.4. The maximum absolute atomic E-state index is 13.3. The summed E-state index contributed by atoms with van der Waals surface area (Å²) in [5.74, 6) is 0.313. The number of aromatic nitrogens is 6. The number of aryl methyl sites for hydroxylation is 4. The van der Waals surface area contributed by atoms with Gasteiger partial charge in [-0.15, -0.1) is 0 Å². The molecule has 0 aliphatic carbocycles. The molecular formula is C21H30N6O3. The molecule has 0 aliphatic heterocycles. The first-order valence-electron chi connectivity index (χ1n) is 10.4. The first-order chi connectivity index (χ1) is 14.0. The van der Waals surface area contributed by atoms with Crippen LogP contribution in [0.1, 0.15) is 52.9 Å². The smallest absolute Gasteiger partial charge is 0.303 e. The SMILES string of the molecule is CCc1cc(CC)n(-c2nc3c(c(=O)n(CC(=O)C(C)(C)C)c(=O)n3C)n2CC)n1. The van der Waals surface area contributed by atoms with E-state index in [2.05, 4.69) is 10.1 Å². The lowest BCUT2D eigenvalue weighted by atomic mass is 9.91. The Balaban J connectivity index is 2.33. The highest BCUT2D eigenvalue weighted by molar-refractivity contribution is 5.83. The van der Waals surface area contributed by atoms with Crippen LogP contribution < -0.4 is 11.2 Å². The number of carbonyl (C=O) groups excluding carboxylic acids is 1. The Morgan fingerprint density at radius 3 is 2.27 bits per heavy atom. The van der Waals surface area contributed by atoms with Crippen molar-refractivity contribution in [3.8, 4) is 5.95 Å². The molecular weight excluding hydrogens is 384 g/mol. The Bertz CT molecular complexity index is 1230. The predicted octanol–water partition coefficient (Wildman–Crippen LogP) is 1.84. The molecule has 0 aliphatic rings. The van der Waals surface area contributed by atoms with E-state index in [-0.39, 0.29) is 18.0 Å². The monoisotopic (exact) mass is 414 g/mol. The molecule has 0 bridgehead atoms. The molecule has 3 aromatic heterocycles.